The summed E-state index contributed by atoms with van der Waals surface area (Å²) in [6.45, 7) is 0.327. The Morgan fingerprint density at radius 3 is 2.24 bits per heavy atom. The Hall–Kier alpha value is -5.51. The number of oxime groups is 1. The monoisotopic (exact) mass is 567 g/mol. The maximum Gasteiger partial charge on any atom is 0.247 e. The Bertz CT molecular complexity index is 1540. The minimum Gasteiger partial charge on any atom is -0.493 e. The third-order valence-electron chi connectivity index (χ3n) is 6.53. The number of para-hydroxylation sites is 1. The lowest BCUT2D eigenvalue weighted by molar-refractivity contribution is -0.122. The Morgan fingerprint density at radius 1 is 0.857 bits per heavy atom. The predicted octanol–water partition coefficient (Wildman–Crippen LogP) is 4.45. The zero-order valence-corrected chi connectivity index (χ0v) is 23.3. The molecule has 0 aliphatic carbocycles. The summed E-state index contributed by atoms with van der Waals surface area (Å²) in [5, 5.41) is 21.2. The van der Waals surface area contributed by atoms with Crippen LogP contribution in [0.5, 0.6) is 11.5 Å². The van der Waals surface area contributed by atoms with E-state index in [1.165, 1.54) is 7.11 Å². The second-order valence-electron chi connectivity index (χ2n) is 9.34. The van der Waals surface area contributed by atoms with Crippen molar-refractivity contribution >= 4 is 29.0 Å². The molecule has 0 heterocycles. The van der Waals surface area contributed by atoms with E-state index in [-0.39, 0.29) is 24.1 Å². The highest BCUT2D eigenvalue weighted by Gasteiger charge is 2.24. The van der Waals surface area contributed by atoms with Gasteiger partial charge in [-0.05, 0) is 53.6 Å². The van der Waals surface area contributed by atoms with Gasteiger partial charge in [0.05, 0.1) is 20.6 Å². The molecule has 42 heavy (non-hydrogen) atoms. The average Bonchev–Trinajstić information content (AvgIpc) is 3.03. The minimum atomic E-state index is -0.860. The highest BCUT2D eigenvalue weighted by Crippen LogP contribution is 2.29. The molecule has 0 aliphatic rings. The van der Waals surface area contributed by atoms with Crippen LogP contribution in [0.1, 0.15) is 28.3 Å². The van der Waals surface area contributed by atoms with Crippen LogP contribution in [0.15, 0.2) is 102 Å². The van der Waals surface area contributed by atoms with Crippen molar-refractivity contribution in [1.29, 1.82) is 0 Å². The van der Waals surface area contributed by atoms with Crippen LogP contribution in [-0.2, 0) is 22.6 Å². The van der Waals surface area contributed by atoms with Gasteiger partial charge in [-0.15, -0.1) is 0 Å². The topological polar surface area (TPSA) is 147 Å². The fourth-order valence-corrected chi connectivity index (χ4v) is 4.37. The first-order valence-electron chi connectivity index (χ1n) is 13.2. The van der Waals surface area contributed by atoms with Crippen molar-refractivity contribution in [3.63, 3.8) is 0 Å². The summed E-state index contributed by atoms with van der Waals surface area (Å²) in [5.74, 6) is 0.519. The molecule has 2 amide bonds. The summed E-state index contributed by atoms with van der Waals surface area (Å²) < 4.78 is 10.6. The van der Waals surface area contributed by atoms with Crippen LogP contribution >= 0.6 is 0 Å². The molecular weight excluding hydrogens is 534 g/mol. The van der Waals surface area contributed by atoms with Gasteiger partial charge in [-0.2, -0.15) is 0 Å². The molecule has 0 saturated carbocycles. The number of methoxy groups -OCH3 is 2. The molecule has 6 N–H and O–H groups in total. The highest BCUT2D eigenvalue weighted by atomic mass is 16.5. The molecule has 0 spiro atoms. The molecule has 0 aliphatic heterocycles. The molecule has 4 rings (SSSR count). The first kappa shape index (κ1) is 29.5. The Balaban J connectivity index is 1.58. The molecule has 0 saturated heterocycles. The van der Waals surface area contributed by atoms with Crippen molar-refractivity contribution < 1.29 is 24.3 Å². The van der Waals surface area contributed by atoms with Crippen molar-refractivity contribution in [2.75, 3.05) is 24.9 Å². The normalized spacial score (nSPS) is 11.7. The Labute approximate surface area is 244 Å². The number of carbonyl (C=O) groups is 2. The number of ether oxygens (including phenoxy) is 2. The van der Waals surface area contributed by atoms with Gasteiger partial charge in [0.25, 0.3) is 0 Å². The van der Waals surface area contributed by atoms with E-state index < -0.39 is 6.04 Å². The van der Waals surface area contributed by atoms with Crippen LogP contribution < -0.4 is 31.2 Å². The molecule has 0 fully saturated rings. The molecule has 216 valence electrons. The van der Waals surface area contributed by atoms with Gasteiger partial charge in [0.1, 0.15) is 6.04 Å². The lowest BCUT2D eigenvalue weighted by Crippen LogP contribution is -2.34. The van der Waals surface area contributed by atoms with Gasteiger partial charge in [-0.3, -0.25) is 9.59 Å². The molecule has 4 aromatic rings. The molecule has 0 bridgehead atoms. The molecule has 4 aromatic carbocycles. The first-order valence-corrected chi connectivity index (χ1v) is 13.2. The third kappa shape index (κ3) is 7.57. The number of nitrogens with two attached hydrogens (primary N) is 1. The van der Waals surface area contributed by atoms with Crippen molar-refractivity contribution in [3.8, 4) is 11.5 Å². The van der Waals surface area contributed by atoms with Gasteiger partial charge < -0.3 is 36.4 Å². The minimum absolute atomic E-state index is 0.0266. The number of anilines is 2. The standard InChI is InChI=1S/C32H33N5O5/c1-41-27-17-12-22(18-28(27)42-2)19-29(38)36-26-11-7-6-10-25(26)30(32(39)34-20-21-8-4-3-5-9-21)35-24-15-13-23(14-16-24)31(33)37-40/h3-18,30,35,40H,19-20H2,1-2H3,(H2,33,37)(H,34,39)(H,36,38). The molecule has 0 radical (unpaired) electrons. The van der Waals surface area contributed by atoms with Crippen molar-refractivity contribution in [2.45, 2.75) is 19.0 Å². The van der Waals surface area contributed by atoms with Crippen LogP contribution in [0.3, 0.4) is 0 Å². The summed E-state index contributed by atoms with van der Waals surface area (Å²) in [6, 6.07) is 28.0. The maximum atomic E-state index is 13.6. The second-order valence-corrected chi connectivity index (χ2v) is 9.34. The Kier molecular flexibility index (Phi) is 9.98. The van der Waals surface area contributed by atoms with Crippen molar-refractivity contribution in [2.24, 2.45) is 10.9 Å². The Morgan fingerprint density at radius 2 is 1.55 bits per heavy atom. The van der Waals surface area contributed by atoms with E-state index in [0.717, 1.165) is 11.1 Å². The van der Waals surface area contributed by atoms with E-state index in [4.69, 9.17) is 20.4 Å². The largest absolute Gasteiger partial charge is 0.493 e. The number of benzene rings is 4. The number of carbonyl (C=O) groups excluding carboxylic acids is 2. The fourth-order valence-electron chi connectivity index (χ4n) is 4.37. The van der Waals surface area contributed by atoms with Crippen LogP contribution in [-0.4, -0.2) is 37.1 Å². The van der Waals surface area contributed by atoms with E-state index in [1.54, 1.807) is 73.8 Å². The van der Waals surface area contributed by atoms with E-state index >= 15 is 0 Å². The zero-order valence-electron chi connectivity index (χ0n) is 23.3. The first-order chi connectivity index (χ1) is 20.4. The van der Waals surface area contributed by atoms with Gasteiger partial charge in [-0.25, -0.2) is 0 Å². The highest BCUT2D eigenvalue weighted by molar-refractivity contribution is 5.98. The van der Waals surface area contributed by atoms with Gasteiger partial charge in [-0.1, -0.05) is 59.8 Å². The average molecular weight is 568 g/mol. The lowest BCUT2D eigenvalue weighted by atomic mass is 10.0. The van der Waals surface area contributed by atoms with E-state index in [9.17, 15) is 9.59 Å². The third-order valence-corrected chi connectivity index (χ3v) is 6.53. The number of hydrogen-bond acceptors (Lipinski definition) is 7. The van der Waals surface area contributed by atoms with E-state index in [2.05, 4.69) is 21.1 Å². The summed E-state index contributed by atoms with van der Waals surface area (Å²) in [7, 11) is 3.09. The lowest BCUT2D eigenvalue weighted by Gasteiger charge is -2.23. The van der Waals surface area contributed by atoms with E-state index in [0.29, 0.717) is 40.5 Å². The summed E-state index contributed by atoms with van der Waals surface area (Å²) in [6.07, 6.45) is 0.0856. The number of nitrogens with one attached hydrogen (secondary N) is 3. The summed E-state index contributed by atoms with van der Waals surface area (Å²) in [4.78, 5) is 26.8. The maximum absolute atomic E-state index is 13.6. The van der Waals surface area contributed by atoms with Gasteiger partial charge in [0, 0.05) is 29.0 Å². The van der Waals surface area contributed by atoms with Crippen LogP contribution in [0.25, 0.3) is 0 Å². The predicted molar refractivity (Wildman–Crippen MR) is 162 cm³/mol. The van der Waals surface area contributed by atoms with Crippen molar-refractivity contribution in [1.82, 2.24) is 5.32 Å². The quantitative estimate of drug-likeness (QED) is 0.0735. The van der Waals surface area contributed by atoms with Crippen LogP contribution in [0, 0.1) is 0 Å². The summed E-state index contributed by atoms with van der Waals surface area (Å²) >= 11 is 0. The van der Waals surface area contributed by atoms with Crippen LogP contribution in [0.2, 0.25) is 0 Å². The van der Waals surface area contributed by atoms with E-state index in [1.807, 2.05) is 30.3 Å². The number of amides is 2. The number of rotatable bonds is 12. The SMILES string of the molecule is COc1ccc(CC(=O)Nc2ccccc2C(Nc2ccc(C(N)=NO)cc2)C(=O)NCc2ccccc2)cc1OC. The number of nitrogens with zero attached hydrogens (tertiary/aromatic N) is 1. The molecule has 0 aromatic heterocycles. The zero-order chi connectivity index (χ0) is 29.9. The van der Waals surface area contributed by atoms with Crippen molar-refractivity contribution in [3.05, 3.63) is 119 Å². The van der Waals surface area contributed by atoms with Gasteiger partial charge in [0.15, 0.2) is 17.3 Å². The molecule has 1 unspecified atom stereocenters. The van der Waals surface area contributed by atoms with Crippen LogP contribution in [0.4, 0.5) is 11.4 Å². The molecule has 10 heteroatoms. The van der Waals surface area contributed by atoms with Gasteiger partial charge in [0.2, 0.25) is 11.8 Å². The summed E-state index contributed by atoms with van der Waals surface area (Å²) in [5.41, 5.74) is 9.59. The fraction of sp³-hybridized carbons (Fsp3) is 0.156. The number of amidine groups is 1. The second kappa shape index (κ2) is 14.2. The molecular formula is C32H33N5O5. The smallest absolute Gasteiger partial charge is 0.247 e. The molecule has 10 nitrogen and oxygen atoms in total. The number of hydrogen-bond donors (Lipinski definition) is 5. The van der Waals surface area contributed by atoms with Gasteiger partial charge >= 0.3 is 0 Å². The molecule has 1 atom stereocenters.